The summed E-state index contributed by atoms with van der Waals surface area (Å²) in [6.45, 7) is 8.96. The van der Waals surface area contributed by atoms with E-state index in [2.05, 4.69) is 28.2 Å². The molecule has 0 aliphatic heterocycles. The second-order valence-corrected chi connectivity index (χ2v) is 10.9. The number of nitrogens with one attached hydrogen (secondary N) is 4. The molecule has 42 heavy (non-hydrogen) atoms. The SMILES string of the molecule is CCC[C@H](O)[C@H](CNCc1ccc(CC)cc1)NC(=O)CNC(=O)c1cc(C(F)(F)F)ccc1NC(=O)OC(C)(C)C. The molecule has 2 aromatic rings. The molecule has 0 saturated carbocycles. The number of alkyl halides is 3. The van der Waals surface area contributed by atoms with Gasteiger partial charge < -0.3 is 25.8 Å². The van der Waals surface area contributed by atoms with Crippen LogP contribution in [0.1, 0.15) is 74.5 Å². The van der Waals surface area contributed by atoms with E-state index in [1.54, 1.807) is 20.8 Å². The maximum atomic E-state index is 13.4. The number of anilines is 1. The predicted molar refractivity (Wildman–Crippen MR) is 154 cm³/mol. The fourth-order valence-corrected chi connectivity index (χ4v) is 3.99. The van der Waals surface area contributed by atoms with Gasteiger partial charge in [-0.15, -0.1) is 0 Å². The Labute approximate surface area is 244 Å². The zero-order chi connectivity index (χ0) is 31.5. The van der Waals surface area contributed by atoms with Gasteiger partial charge in [-0.25, -0.2) is 4.79 Å². The highest BCUT2D eigenvalue weighted by atomic mass is 19.4. The first-order valence-corrected chi connectivity index (χ1v) is 13.9. The maximum Gasteiger partial charge on any atom is 0.416 e. The Morgan fingerprint density at radius 2 is 1.62 bits per heavy atom. The van der Waals surface area contributed by atoms with Crippen molar-refractivity contribution in [3.8, 4) is 0 Å². The van der Waals surface area contributed by atoms with Crippen LogP contribution in [0.3, 0.4) is 0 Å². The van der Waals surface area contributed by atoms with Crippen LogP contribution in [0.25, 0.3) is 0 Å². The van der Waals surface area contributed by atoms with Crippen molar-refractivity contribution in [2.75, 3.05) is 18.4 Å². The number of aliphatic hydroxyl groups excluding tert-OH is 1. The van der Waals surface area contributed by atoms with E-state index in [4.69, 9.17) is 4.74 Å². The molecule has 9 nitrogen and oxygen atoms in total. The van der Waals surface area contributed by atoms with Crippen molar-refractivity contribution in [3.63, 3.8) is 0 Å². The van der Waals surface area contributed by atoms with Gasteiger partial charge in [0.25, 0.3) is 5.91 Å². The minimum Gasteiger partial charge on any atom is -0.444 e. The normalized spacial score (nSPS) is 13.2. The Hall–Kier alpha value is -3.64. The maximum absolute atomic E-state index is 13.4. The van der Waals surface area contributed by atoms with E-state index in [1.807, 2.05) is 31.2 Å². The summed E-state index contributed by atoms with van der Waals surface area (Å²) in [5.74, 6) is -1.66. The molecule has 12 heteroatoms. The molecule has 232 valence electrons. The average molecular weight is 595 g/mol. The van der Waals surface area contributed by atoms with Crippen molar-refractivity contribution in [3.05, 3.63) is 64.7 Å². The number of amides is 3. The number of halogens is 3. The lowest BCUT2D eigenvalue weighted by Gasteiger charge is -2.25. The zero-order valence-corrected chi connectivity index (χ0v) is 24.7. The van der Waals surface area contributed by atoms with Gasteiger partial charge in [-0.2, -0.15) is 13.2 Å². The van der Waals surface area contributed by atoms with Gasteiger partial charge in [0.1, 0.15) is 5.60 Å². The van der Waals surface area contributed by atoms with Gasteiger partial charge in [0.2, 0.25) is 5.91 Å². The molecule has 0 radical (unpaired) electrons. The van der Waals surface area contributed by atoms with Gasteiger partial charge in [0.15, 0.2) is 0 Å². The van der Waals surface area contributed by atoms with Crippen LogP contribution in [0.15, 0.2) is 42.5 Å². The molecule has 0 bridgehead atoms. The molecule has 0 heterocycles. The topological polar surface area (TPSA) is 129 Å². The number of aliphatic hydroxyl groups is 1. The Morgan fingerprint density at radius 3 is 2.19 bits per heavy atom. The standard InChI is InChI=1S/C30H41F3N4O5/c1-6-8-25(38)24(17-34-16-20-11-9-19(7-2)10-12-20)36-26(39)18-35-27(40)22-15-21(30(31,32)33)13-14-23(22)37-28(41)42-29(3,4)5/h9-15,24-25,34,38H,6-8,16-18H2,1-5H3,(H,35,40)(H,36,39)(H,37,41)/t24-,25-/m0/s1. The quantitative estimate of drug-likeness (QED) is 0.227. The highest BCUT2D eigenvalue weighted by Crippen LogP contribution is 2.32. The predicted octanol–water partition coefficient (Wildman–Crippen LogP) is 4.78. The molecule has 0 unspecified atom stereocenters. The summed E-state index contributed by atoms with van der Waals surface area (Å²) in [6, 6.07) is 9.63. The van der Waals surface area contributed by atoms with Crippen molar-refractivity contribution in [1.82, 2.24) is 16.0 Å². The molecule has 0 spiro atoms. The molecule has 0 aliphatic carbocycles. The Morgan fingerprint density at radius 1 is 0.976 bits per heavy atom. The van der Waals surface area contributed by atoms with Crippen LogP contribution in [-0.4, -0.2) is 53.9 Å². The first-order valence-electron chi connectivity index (χ1n) is 13.9. The van der Waals surface area contributed by atoms with E-state index in [0.29, 0.717) is 25.5 Å². The van der Waals surface area contributed by atoms with Gasteiger partial charge in [0.05, 0.1) is 35.5 Å². The first kappa shape index (κ1) is 34.6. The van der Waals surface area contributed by atoms with E-state index >= 15 is 0 Å². The second-order valence-electron chi connectivity index (χ2n) is 10.9. The highest BCUT2D eigenvalue weighted by molar-refractivity contribution is 6.04. The molecule has 3 amide bonds. The van der Waals surface area contributed by atoms with Crippen molar-refractivity contribution in [2.24, 2.45) is 0 Å². The van der Waals surface area contributed by atoms with E-state index in [0.717, 1.165) is 24.1 Å². The summed E-state index contributed by atoms with van der Waals surface area (Å²) < 4.78 is 45.2. The highest BCUT2D eigenvalue weighted by Gasteiger charge is 2.32. The fraction of sp³-hybridized carbons (Fsp3) is 0.500. The van der Waals surface area contributed by atoms with Crippen LogP contribution < -0.4 is 21.3 Å². The summed E-state index contributed by atoms with van der Waals surface area (Å²) in [5.41, 5.74) is -0.466. The summed E-state index contributed by atoms with van der Waals surface area (Å²) in [6.07, 6.45) is -4.55. The third-order valence-corrected chi connectivity index (χ3v) is 6.16. The number of benzene rings is 2. The minimum atomic E-state index is -4.75. The number of hydrogen-bond donors (Lipinski definition) is 5. The van der Waals surface area contributed by atoms with Crippen LogP contribution >= 0.6 is 0 Å². The van der Waals surface area contributed by atoms with Gasteiger partial charge >= 0.3 is 12.3 Å². The molecule has 2 atom stereocenters. The van der Waals surface area contributed by atoms with Crippen molar-refractivity contribution >= 4 is 23.6 Å². The molecule has 0 saturated heterocycles. The van der Waals surface area contributed by atoms with E-state index in [1.165, 1.54) is 5.56 Å². The molecule has 2 aromatic carbocycles. The zero-order valence-electron chi connectivity index (χ0n) is 24.7. The number of hydrogen-bond acceptors (Lipinski definition) is 6. The molecular formula is C30H41F3N4O5. The number of carbonyl (C=O) groups excluding carboxylic acids is 3. The first-order chi connectivity index (χ1) is 19.6. The fourth-order valence-electron chi connectivity index (χ4n) is 3.99. The third-order valence-electron chi connectivity index (χ3n) is 6.16. The van der Waals surface area contributed by atoms with Crippen LogP contribution in [-0.2, 0) is 28.7 Å². The number of ether oxygens (including phenoxy) is 1. The number of aryl methyl sites for hydroxylation is 1. The molecule has 2 rings (SSSR count). The average Bonchev–Trinajstić information content (AvgIpc) is 2.90. The summed E-state index contributed by atoms with van der Waals surface area (Å²) >= 11 is 0. The smallest absolute Gasteiger partial charge is 0.416 e. The largest absolute Gasteiger partial charge is 0.444 e. The van der Waals surface area contributed by atoms with E-state index < -0.39 is 59.5 Å². The summed E-state index contributed by atoms with van der Waals surface area (Å²) in [4.78, 5) is 37.8. The monoisotopic (exact) mass is 594 g/mol. The Balaban J connectivity index is 2.08. The minimum absolute atomic E-state index is 0.220. The van der Waals surface area contributed by atoms with Crippen molar-refractivity contribution in [2.45, 2.75) is 84.3 Å². The summed E-state index contributed by atoms with van der Waals surface area (Å²) in [5, 5.41) is 21.1. The van der Waals surface area contributed by atoms with Gasteiger partial charge in [-0.1, -0.05) is 44.5 Å². The van der Waals surface area contributed by atoms with E-state index in [9.17, 15) is 32.7 Å². The Bertz CT molecular complexity index is 1200. The van der Waals surface area contributed by atoms with Crippen molar-refractivity contribution in [1.29, 1.82) is 0 Å². The lowest BCUT2D eigenvalue weighted by Crippen LogP contribution is -2.51. The van der Waals surface area contributed by atoms with Gasteiger partial charge in [-0.05, 0) is 62.9 Å². The lowest BCUT2D eigenvalue weighted by molar-refractivity contribution is -0.137. The molecule has 0 fully saturated rings. The van der Waals surface area contributed by atoms with Crippen LogP contribution in [0.4, 0.5) is 23.7 Å². The van der Waals surface area contributed by atoms with Gasteiger partial charge in [0, 0.05) is 13.1 Å². The lowest BCUT2D eigenvalue weighted by atomic mass is 10.1. The number of rotatable bonds is 13. The number of carbonyl (C=O) groups is 3. The van der Waals surface area contributed by atoms with Crippen molar-refractivity contribution < 1.29 is 37.4 Å². The molecular weight excluding hydrogens is 553 g/mol. The van der Waals surface area contributed by atoms with E-state index in [-0.39, 0.29) is 12.2 Å². The van der Waals surface area contributed by atoms with Crippen LogP contribution in [0.2, 0.25) is 0 Å². The van der Waals surface area contributed by atoms with Gasteiger partial charge in [-0.3, -0.25) is 14.9 Å². The molecule has 0 aliphatic rings. The Kier molecular flexibility index (Phi) is 12.8. The second kappa shape index (κ2) is 15.5. The molecule has 5 N–H and O–H groups in total. The molecule has 0 aromatic heterocycles. The third kappa shape index (κ3) is 11.7. The summed E-state index contributed by atoms with van der Waals surface area (Å²) in [7, 11) is 0. The van der Waals surface area contributed by atoms with Crippen LogP contribution in [0, 0.1) is 0 Å². The van der Waals surface area contributed by atoms with Crippen LogP contribution in [0.5, 0.6) is 0 Å².